The summed E-state index contributed by atoms with van der Waals surface area (Å²) in [6, 6.07) is 23.3. The zero-order valence-corrected chi connectivity index (χ0v) is 17.7. The zero-order chi connectivity index (χ0) is 21.3. The van der Waals surface area contributed by atoms with Crippen LogP contribution in [0.5, 0.6) is 0 Å². The van der Waals surface area contributed by atoms with E-state index in [-0.39, 0.29) is 17.1 Å². The number of benzene rings is 3. The molecule has 4 nitrogen and oxygen atoms in total. The molecule has 1 heterocycles. The van der Waals surface area contributed by atoms with Crippen LogP contribution in [0.3, 0.4) is 0 Å². The van der Waals surface area contributed by atoms with Crippen LogP contribution in [-0.2, 0) is 16.3 Å². The number of carbonyl (C=O) groups is 1. The molecule has 0 N–H and O–H groups in total. The number of pyridine rings is 1. The van der Waals surface area contributed by atoms with Crippen LogP contribution in [0.25, 0.3) is 22.0 Å². The van der Waals surface area contributed by atoms with Gasteiger partial charge in [0.15, 0.2) is 15.6 Å². The van der Waals surface area contributed by atoms with Crippen molar-refractivity contribution in [2.75, 3.05) is 6.26 Å². The molecule has 3 aromatic carbocycles. The second-order valence-corrected chi connectivity index (χ2v) is 9.57. The Morgan fingerprint density at radius 1 is 0.900 bits per heavy atom. The topological polar surface area (TPSA) is 64.1 Å². The molecule has 6 heteroatoms. The van der Waals surface area contributed by atoms with Gasteiger partial charge >= 0.3 is 0 Å². The van der Waals surface area contributed by atoms with Gasteiger partial charge in [0.05, 0.1) is 16.8 Å². The lowest BCUT2D eigenvalue weighted by molar-refractivity contribution is 0.0992. The molecule has 0 unspecified atom stereocenters. The van der Waals surface area contributed by atoms with Crippen LogP contribution in [0.4, 0.5) is 0 Å². The van der Waals surface area contributed by atoms with E-state index in [1.807, 2.05) is 36.4 Å². The molecule has 0 spiro atoms. The van der Waals surface area contributed by atoms with Crippen molar-refractivity contribution in [3.8, 4) is 11.1 Å². The summed E-state index contributed by atoms with van der Waals surface area (Å²) in [4.78, 5) is 17.4. The van der Waals surface area contributed by atoms with Crippen molar-refractivity contribution >= 4 is 38.1 Å². The molecule has 150 valence electrons. The minimum Gasteiger partial charge on any atom is -0.294 e. The van der Waals surface area contributed by atoms with Gasteiger partial charge in [-0.1, -0.05) is 48.0 Å². The molecule has 0 fully saturated rings. The molecule has 4 aromatic rings. The monoisotopic (exact) mass is 435 g/mol. The third-order valence-corrected chi connectivity index (χ3v) is 6.18. The lowest BCUT2D eigenvalue weighted by atomic mass is 10.0. The number of ketones is 1. The Morgan fingerprint density at radius 2 is 1.67 bits per heavy atom. The predicted molar refractivity (Wildman–Crippen MR) is 120 cm³/mol. The van der Waals surface area contributed by atoms with E-state index in [2.05, 4.69) is 4.98 Å². The molecule has 0 aliphatic heterocycles. The van der Waals surface area contributed by atoms with E-state index in [0.29, 0.717) is 16.3 Å². The molecule has 0 saturated heterocycles. The minimum atomic E-state index is -3.27. The van der Waals surface area contributed by atoms with Crippen LogP contribution in [-0.4, -0.2) is 25.4 Å². The van der Waals surface area contributed by atoms with Gasteiger partial charge in [0.1, 0.15) is 0 Å². The maximum atomic E-state index is 12.5. The molecule has 0 aliphatic carbocycles. The summed E-state index contributed by atoms with van der Waals surface area (Å²) in [6.07, 6.45) is 1.39. The third kappa shape index (κ3) is 4.42. The Labute approximate surface area is 180 Å². The summed E-state index contributed by atoms with van der Waals surface area (Å²) in [5.74, 6) is -0.0430. The van der Waals surface area contributed by atoms with E-state index < -0.39 is 9.84 Å². The van der Waals surface area contributed by atoms with E-state index in [4.69, 9.17) is 11.6 Å². The molecule has 1 aromatic heterocycles. The molecule has 0 saturated carbocycles. The zero-order valence-electron chi connectivity index (χ0n) is 16.2. The van der Waals surface area contributed by atoms with Crippen molar-refractivity contribution in [3.63, 3.8) is 0 Å². The van der Waals surface area contributed by atoms with E-state index >= 15 is 0 Å². The number of rotatable bonds is 5. The minimum absolute atomic E-state index is 0.0430. The van der Waals surface area contributed by atoms with E-state index in [0.717, 1.165) is 22.0 Å². The summed E-state index contributed by atoms with van der Waals surface area (Å²) in [6.45, 7) is 0. The molecular weight excluding hydrogens is 418 g/mol. The number of hydrogen-bond acceptors (Lipinski definition) is 4. The summed E-state index contributed by atoms with van der Waals surface area (Å²) in [5, 5.41) is 1.44. The second-order valence-electron chi connectivity index (χ2n) is 7.12. The van der Waals surface area contributed by atoms with E-state index in [9.17, 15) is 13.2 Å². The molecule has 0 bridgehead atoms. The fourth-order valence-electron chi connectivity index (χ4n) is 3.28. The Morgan fingerprint density at radius 3 is 2.43 bits per heavy atom. The smallest absolute Gasteiger partial charge is 0.175 e. The largest absolute Gasteiger partial charge is 0.294 e. The SMILES string of the molecule is CS(=O)(=O)c1cccc(-c2ccc3nc(CC(=O)c4cccc(Cl)c4)ccc3c2)c1. The maximum Gasteiger partial charge on any atom is 0.175 e. The summed E-state index contributed by atoms with van der Waals surface area (Å²) < 4.78 is 23.7. The first-order chi connectivity index (χ1) is 14.3. The molecule has 0 atom stereocenters. The predicted octanol–water partition coefficient (Wildman–Crippen LogP) is 5.38. The highest BCUT2D eigenvalue weighted by molar-refractivity contribution is 7.90. The first kappa shape index (κ1) is 20.3. The average Bonchev–Trinajstić information content (AvgIpc) is 2.73. The van der Waals surface area contributed by atoms with Crippen molar-refractivity contribution < 1.29 is 13.2 Å². The lowest BCUT2D eigenvalue weighted by Gasteiger charge is -2.07. The van der Waals surface area contributed by atoms with Crippen LogP contribution in [0, 0.1) is 0 Å². The Hall–Kier alpha value is -3.02. The van der Waals surface area contributed by atoms with Gasteiger partial charge in [0.2, 0.25) is 0 Å². The second kappa shape index (κ2) is 8.01. The fraction of sp³-hybridized carbons (Fsp3) is 0.0833. The number of carbonyl (C=O) groups excluding carboxylic acids is 1. The molecule has 4 rings (SSSR count). The Kier molecular flexibility index (Phi) is 5.41. The highest BCUT2D eigenvalue weighted by atomic mass is 35.5. The molecule has 0 amide bonds. The van der Waals surface area contributed by atoms with Crippen molar-refractivity contribution in [2.24, 2.45) is 0 Å². The molecule has 30 heavy (non-hydrogen) atoms. The molecule has 0 radical (unpaired) electrons. The number of halogens is 1. The number of aromatic nitrogens is 1. The third-order valence-electron chi connectivity index (χ3n) is 4.83. The quantitative estimate of drug-likeness (QED) is 0.394. The Balaban J connectivity index is 1.62. The van der Waals surface area contributed by atoms with Gasteiger partial charge in [-0.15, -0.1) is 0 Å². The fourth-order valence-corrected chi connectivity index (χ4v) is 4.14. The molecule has 0 aliphatic rings. The van der Waals surface area contributed by atoms with Gasteiger partial charge in [-0.3, -0.25) is 9.78 Å². The van der Waals surface area contributed by atoms with Crippen molar-refractivity contribution in [1.82, 2.24) is 4.98 Å². The van der Waals surface area contributed by atoms with Gasteiger partial charge in [0, 0.05) is 27.9 Å². The van der Waals surface area contributed by atoms with Crippen LogP contribution >= 0.6 is 11.6 Å². The van der Waals surface area contributed by atoms with E-state index in [1.165, 1.54) is 6.26 Å². The summed E-state index contributed by atoms with van der Waals surface area (Å²) in [5.41, 5.74) is 3.73. The number of Topliss-reactive ketones (excluding diaryl/α,β-unsaturated/α-hetero) is 1. The highest BCUT2D eigenvalue weighted by Crippen LogP contribution is 2.26. The van der Waals surface area contributed by atoms with Crippen molar-refractivity contribution in [2.45, 2.75) is 11.3 Å². The summed E-state index contributed by atoms with van der Waals surface area (Å²) >= 11 is 5.97. The lowest BCUT2D eigenvalue weighted by Crippen LogP contribution is -2.05. The first-order valence-corrected chi connectivity index (χ1v) is 11.6. The molecular formula is C24H18ClNO3S. The van der Waals surface area contributed by atoms with Gasteiger partial charge < -0.3 is 0 Å². The number of fused-ring (bicyclic) bond motifs is 1. The number of sulfone groups is 1. The Bertz CT molecular complexity index is 1380. The average molecular weight is 436 g/mol. The van der Waals surface area contributed by atoms with Gasteiger partial charge in [-0.2, -0.15) is 0 Å². The van der Waals surface area contributed by atoms with Gasteiger partial charge in [0.25, 0.3) is 0 Å². The normalized spacial score (nSPS) is 11.5. The highest BCUT2D eigenvalue weighted by Gasteiger charge is 2.11. The van der Waals surface area contributed by atoms with Crippen LogP contribution < -0.4 is 0 Å². The van der Waals surface area contributed by atoms with Gasteiger partial charge in [-0.25, -0.2) is 8.42 Å². The first-order valence-electron chi connectivity index (χ1n) is 9.28. The van der Waals surface area contributed by atoms with Crippen LogP contribution in [0.2, 0.25) is 5.02 Å². The van der Waals surface area contributed by atoms with Crippen LogP contribution in [0.1, 0.15) is 16.1 Å². The summed E-state index contributed by atoms with van der Waals surface area (Å²) in [7, 11) is -3.27. The maximum absolute atomic E-state index is 12.5. The van der Waals surface area contributed by atoms with Gasteiger partial charge in [-0.05, 0) is 53.6 Å². The number of nitrogens with zero attached hydrogens (tertiary/aromatic N) is 1. The van der Waals surface area contributed by atoms with E-state index in [1.54, 1.807) is 42.5 Å². The van der Waals surface area contributed by atoms with Crippen molar-refractivity contribution in [3.05, 3.63) is 95.1 Å². The standard InChI is InChI=1S/C24H18ClNO3S/c1-30(28,29)22-7-3-4-16(14-22)17-9-11-23-18(12-17)8-10-21(26-23)15-24(27)19-5-2-6-20(25)13-19/h2-14H,15H2,1H3. The number of hydrogen-bond donors (Lipinski definition) is 0. The van der Waals surface area contributed by atoms with Crippen LogP contribution in [0.15, 0.2) is 83.8 Å². The van der Waals surface area contributed by atoms with Crippen molar-refractivity contribution in [1.29, 1.82) is 0 Å².